The van der Waals surface area contributed by atoms with Gasteiger partial charge in [-0.3, -0.25) is 4.98 Å². The average molecular weight is 232 g/mol. The number of hydrogen-bond acceptors (Lipinski definition) is 3. The molecule has 0 bridgehead atoms. The van der Waals surface area contributed by atoms with E-state index in [9.17, 15) is 0 Å². The first-order valence-electron chi connectivity index (χ1n) is 6.31. The van der Waals surface area contributed by atoms with Gasteiger partial charge < -0.3 is 9.88 Å². The number of aryl methyl sites for hydroxylation is 1. The van der Waals surface area contributed by atoms with Crippen LogP contribution in [0.2, 0.25) is 0 Å². The number of rotatable bonds is 5. The summed E-state index contributed by atoms with van der Waals surface area (Å²) in [6.45, 7) is 8.42. The quantitative estimate of drug-likeness (QED) is 0.861. The van der Waals surface area contributed by atoms with Crippen LogP contribution in [-0.2, 0) is 6.54 Å². The standard InChI is InChI=1S/C13H20N4/c1-4-8-17-12-6-7-14-9-11(12)16-13(17)10(3)15-5-2/h6-7,9-10,15H,4-5,8H2,1-3H3. The molecule has 17 heavy (non-hydrogen) atoms. The minimum absolute atomic E-state index is 0.277. The van der Waals surface area contributed by atoms with Gasteiger partial charge in [0.05, 0.1) is 17.8 Å². The maximum absolute atomic E-state index is 4.69. The van der Waals surface area contributed by atoms with Gasteiger partial charge in [0.2, 0.25) is 0 Å². The zero-order chi connectivity index (χ0) is 12.3. The Morgan fingerprint density at radius 2 is 2.24 bits per heavy atom. The minimum atomic E-state index is 0.277. The van der Waals surface area contributed by atoms with Crippen molar-refractivity contribution in [2.75, 3.05) is 6.54 Å². The third-order valence-corrected chi connectivity index (χ3v) is 2.92. The molecule has 2 rings (SSSR count). The maximum atomic E-state index is 4.69. The van der Waals surface area contributed by atoms with Crippen LogP contribution in [0.5, 0.6) is 0 Å². The Kier molecular flexibility index (Phi) is 3.74. The Hall–Kier alpha value is -1.42. The molecule has 0 spiro atoms. The minimum Gasteiger partial charge on any atom is -0.327 e. The Bertz CT molecular complexity index is 489. The molecule has 0 fully saturated rings. The zero-order valence-electron chi connectivity index (χ0n) is 10.8. The highest BCUT2D eigenvalue weighted by Crippen LogP contribution is 2.20. The number of nitrogens with zero attached hydrogens (tertiary/aromatic N) is 3. The first kappa shape index (κ1) is 12.0. The molecule has 0 amide bonds. The summed E-state index contributed by atoms with van der Waals surface area (Å²) in [7, 11) is 0. The third kappa shape index (κ3) is 2.31. The molecule has 2 heterocycles. The fourth-order valence-corrected chi connectivity index (χ4v) is 2.19. The first-order chi connectivity index (χ1) is 8.27. The van der Waals surface area contributed by atoms with Crippen LogP contribution < -0.4 is 5.32 Å². The highest BCUT2D eigenvalue weighted by atomic mass is 15.1. The summed E-state index contributed by atoms with van der Waals surface area (Å²) in [6.07, 6.45) is 4.78. The topological polar surface area (TPSA) is 42.7 Å². The van der Waals surface area contributed by atoms with Gasteiger partial charge in [0.15, 0.2) is 0 Å². The van der Waals surface area contributed by atoms with Crippen LogP contribution in [0.25, 0.3) is 11.0 Å². The summed E-state index contributed by atoms with van der Waals surface area (Å²) in [4.78, 5) is 8.82. The molecule has 1 atom stereocenters. The van der Waals surface area contributed by atoms with Gasteiger partial charge in [-0.25, -0.2) is 4.98 Å². The van der Waals surface area contributed by atoms with Crippen LogP contribution in [0.15, 0.2) is 18.5 Å². The number of aromatic nitrogens is 3. The molecule has 2 aromatic rings. The van der Waals surface area contributed by atoms with E-state index in [2.05, 4.69) is 40.6 Å². The molecule has 4 nitrogen and oxygen atoms in total. The number of nitrogens with one attached hydrogen (secondary N) is 1. The molecule has 0 saturated heterocycles. The van der Waals surface area contributed by atoms with Gasteiger partial charge in [0.1, 0.15) is 11.3 Å². The van der Waals surface area contributed by atoms with Crippen molar-refractivity contribution in [3.05, 3.63) is 24.3 Å². The Labute approximate surface area is 102 Å². The number of pyridine rings is 1. The highest BCUT2D eigenvalue weighted by molar-refractivity contribution is 5.74. The predicted octanol–water partition coefficient (Wildman–Crippen LogP) is 2.51. The molecule has 0 radical (unpaired) electrons. The van der Waals surface area contributed by atoms with E-state index in [0.29, 0.717) is 0 Å². The smallest absolute Gasteiger partial charge is 0.126 e. The summed E-state index contributed by atoms with van der Waals surface area (Å²) < 4.78 is 2.30. The zero-order valence-corrected chi connectivity index (χ0v) is 10.8. The van der Waals surface area contributed by atoms with E-state index in [1.54, 1.807) is 0 Å². The molecular weight excluding hydrogens is 212 g/mol. The highest BCUT2D eigenvalue weighted by Gasteiger charge is 2.14. The van der Waals surface area contributed by atoms with Crippen LogP contribution >= 0.6 is 0 Å². The molecule has 0 aromatic carbocycles. The lowest BCUT2D eigenvalue weighted by Gasteiger charge is -2.14. The van der Waals surface area contributed by atoms with Gasteiger partial charge in [-0.15, -0.1) is 0 Å². The monoisotopic (exact) mass is 232 g/mol. The molecular formula is C13H20N4. The summed E-state index contributed by atoms with van der Waals surface area (Å²) in [5.41, 5.74) is 2.17. The Balaban J connectivity index is 2.49. The molecule has 0 aliphatic heterocycles. The molecule has 0 aliphatic rings. The van der Waals surface area contributed by atoms with Crippen molar-refractivity contribution in [3.63, 3.8) is 0 Å². The second-order valence-electron chi connectivity index (χ2n) is 4.27. The number of hydrogen-bond donors (Lipinski definition) is 1. The van der Waals surface area contributed by atoms with Crippen molar-refractivity contribution in [2.24, 2.45) is 0 Å². The van der Waals surface area contributed by atoms with Gasteiger partial charge >= 0.3 is 0 Å². The lowest BCUT2D eigenvalue weighted by atomic mass is 10.3. The lowest BCUT2D eigenvalue weighted by molar-refractivity contribution is 0.527. The summed E-state index contributed by atoms with van der Waals surface area (Å²) in [6, 6.07) is 2.32. The van der Waals surface area contributed by atoms with E-state index < -0.39 is 0 Å². The largest absolute Gasteiger partial charge is 0.327 e. The van der Waals surface area contributed by atoms with Crippen molar-refractivity contribution in [2.45, 2.75) is 39.8 Å². The summed E-state index contributed by atoms with van der Waals surface area (Å²) in [5.74, 6) is 1.11. The van der Waals surface area contributed by atoms with E-state index in [1.165, 1.54) is 5.52 Å². The van der Waals surface area contributed by atoms with Crippen LogP contribution in [0.4, 0.5) is 0 Å². The molecule has 4 heteroatoms. The van der Waals surface area contributed by atoms with Crippen molar-refractivity contribution >= 4 is 11.0 Å². The molecule has 0 aliphatic carbocycles. The van der Waals surface area contributed by atoms with Crippen LogP contribution in [0.1, 0.15) is 39.1 Å². The van der Waals surface area contributed by atoms with Crippen LogP contribution in [-0.4, -0.2) is 21.1 Å². The molecule has 0 saturated carbocycles. The van der Waals surface area contributed by atoms with Crippen molar-refractivity contribution < 1.29 is 0 Å². The van der Waals surface area contributed by atoms with Gasteiger partial charge in [-0.1, -0.05) is 13.8 Å². The fourth-order valence-electron chi connectivity index (χ4n) is 2.19. The van der Waals surface area contributed by atoms with Crippen LogP contribution in [0, 0.1) is 0 Å². The SMILES string of the molecule is CCCn1c(C(C)NCC)nc2cnccc21. The lowest BCUT2D eigenvalue weighted by Crippen LogP contribution is -2.21. The normalized spacial score (nSPS) is 13.1. The number of fused-ring (bicyclic) bond motifs is 1. The average Bonchev–Trinajstić information content (AvgIpc) is 2.70. The second kappa shape index (κ2) is 5.27. The van der Waals surface area contributed by atoms with Gasteiger partial charge in [0, 0.05) is 12.7 Å². The molecule has 92 valence electrons. The van der Waals surface area contributed by atoms with E-state index in [4.69, 9.17) is 0 Å². The van der Waals surface area contributed by atoms with Crippen LogP contribution in [0.3, 0.4) is 0 Å². The fraction of sp³-hybridized carbons (Fsp3) is 0.538. The molecule has 1 N–H and O–H groups in total. The van der Waals surface area contributed by atoms with Crippen molar-refractivity contribution in [1.82, 2.24) is 19.9 Å². The van der Waals surface area contributed by atoms with E-state index in [-0.39, 0.29) is 6.04 Å². The summed E-state index contributed by atoms with van der Waals surface area (Å²) in [5, 5.41) is 3.42. The van der Waals surface area contributed by atoms with Gasteiger partial charge in [-0.05, 0) is 26.0 Å². The van der Waals surface area contributed by atoms with E-state index >= 15 is 0 Å². The second-order valence-corrected chi connectivity index (χ2v) is 4.27. The molecule has 2 aromatic heterocycles. The van der Waals surface area contributed by atoms with E-state index in [0.717, 1.165) is 30.9 Å². The Morgan fingerprint density at radius 1 is 1.41 bits per heavy atom. The first-order valence-corrected chi connectivity index (χ1v) is 6.31. The third-order valence-electron chi connectivity index (χ3n) is 2.92. The van der Waals surface area contributed by atoms with Crippen molar-refractivity contribution in [1.29, 1.82) is 0 Å². The van der Waals surface area contributed by atoms with E-state index in [1.807, 2.05) is 18.5 Å². The number of imidazole rings is 1. The van der Waals surface area contributed by atoms with Crippen molar-refractivity contribution in [3.8, 4) is 0 Å². The Morgan fingerprint density at radius 3 is 2.94 bits per heavy atom. The van der Waals surface area contributed by atoms with Gasteiger partial charge in [0.25, 0.3) is 0 Å². The molecule has 1 unspecified atom stereocenters. The van der Waals surface area contributed by atoms with Gasteiger partial charge in [-0.2, -0.15) is 0 Å². The summed E-state index contributed by atoms with van der Waals surface area (Å²) >= 11 is 0. The predicted molar refractivity (Wildman–Crippen MR) is 69.9 cm³/mol. The maximum Gasteiger partial charge on any atom is 0.126 e.